The molecule has 6 atom stereocenters. The lowest BCUT2D eigenvalue weighted by atomic mass is 9.53. The maximum absolute atomic E-state index is 13.2. The quantitative estimate of drug-likeness (QED) is 0.362. The number of nitrogens with one attached hydrogen (secondary N) is 3. The van der Waals surface area contributed by atoms with E-state index in [0.29, 0.717) is 23.7 Å². The number of amides is 2. The van der Waals surface area contributed by atoms with E-state index in [4.69, 9.17) is 10.2 Å². The molecule has 232 valence electrons. The first-order valence-electron chi connectivity index (χ1n) is 15.9. The number of aliphatic hydroxyl groups is 1. The minimum atomic E-state index is -0.627. The third-order valence-electron chi connectivity index (χ3n) is 10.6. The number of nitriles is 1. The molecule has 2 aromatic rings. The van der Waals surface area contributed by atoms with Gasteiger partial charge in [0.15, 0.2) is 5.13 Å². The molecule has 0 unspecified atom stereocenters. The van der Waals surface area contributed by atoms with Crippen LogP contribution in [0.2, 0.25) is 0 Å². The number of anilines is 1. The van der Waals surface area contributed by atoms with E-state index in [1.54, 1.807) is 33.1 Å². The third kappa shape index (κ3) is 6.65. The van der Waals surface area contributed by atoms with Crippen molar-refractivity contribution in [3.63, 3.8) is 0 Å². The average molecular weight is 609 g/mol. The van der Waals surface area contributed by atoms with Gasteiger partial charge in [0.25, 0.3) is 5.91 Å². The number of rotatable bonds is 8. The van der Waals surface area contributed by atoms with Gasteiger partial charge in [-0.2, -0.15) is 5.26 Å². The number of likely N-dealkylation sites (N-methyl/N-ethyl adjacent to an activating group) is 1. The molecule has 0 radical (unpaired) electrons. The molecule has 2 aliphatic carbocycles. The lowest BCUT2D eigenvalue weighted by Crippen LogP contribution is -3.26. The lowest BCUT2D eigenvalue weighted by molar-refractivity contribution is -1.01. The van der Waals surface area contributed by atoms with Gasteiger partial charge < -0.3 is 19.8 Å². The maximum atomic E-state index is 13.2. The zero-order valence-electron chi connectivity index (χ0n) is 26.3. The van der Waals surface area contributed by atoms with Gasteiger partial charge in [0, 0.05) is 41.4 Å². The summed E-state index contributed by atoms with van der Waals surface area (Å²) in [6.07, 6.45) is 2.19. The minimum Gasteiger partial charge on any atom is -0.392 e. The number of aliphatic hydroxyl groups excluding tert-OH is 1. The van der Waals surface area contributed by atoms with E-state index in [0.717, 1.165) is 31.5 Å². The maximum Gasteiger partial charge on any atom is 0.257 e. The topological polar surface area (TPSA) is 115 Å². The molecule has 1 saturated heterocycles. The first-order valence-corrected chi connectivity index (χ1v) is 16.7. The Morgan fingerprint density at radius 3 is 2.63 bits per heavy atom. The number of carbonyl (C=O) groups is 2. The fourth-order valence-electron chi connectivity index (χ4n) is 7.90. The van der Waals surface area contributed by atoms with Crippen LogP contribution < -0.4 is 15.1 Å². The SMILES string of the molecule is C[C@H](C(=O)N(C)CCC#N)[C@H]1CC[C@]2(C)Cc3sc(NC(=O)c4ccc(C[NH+]5CC[NH+](C)CC5)cc4)nc3[C@@H](C)[C@@H]2[C@H]1O. The number of fused-ring (bicyclic) bond motifs is 2. The summed E-state index contributed by atoms with van der Waals surface area (Å²) in [4.78, 5) is 37.2. The molecular formula is C33H48N6O3S+2. The summed E-state index contributed by atoms with van der Waals surface area (Å²) in [6, 6.07) is 10.1. The third-order valence-corrected chi connectivity index (χ3v) is 11.6. The van der Waals surface area contributed by atoms with Gasteiger partial charge in [0.1, 0.15) is 32.7 Å². The Kier molecular flexibility index (Phi) is 9.57. The Morgan fingerprint density at radius 2 is 1.95 bits per heavy atom. The highest BCUT2D eigenvalue weighted by Gasteiger charge is 2.54. The zero-order valence-corrected chi connectivity index (χ0v) is 27.1. The Labute approximate surface area is 259 Å². The molecule has 1 aromatic heterocycles. The molecule has 10 heteroatoms. The number of piperazine rings is 1. The Balaban J connectivity index is 1.24. The molecule has 9 nitrogen and oxygen atoms in total. The predicted molar refractivity (Wildman–Crippen MR) is 167 cm³/mol. The van der Waals surface area contributed by atoms with E-state index in [1.807, 2.05) is 19.1 Å². The highest BCUT2D eigenvalue weighted by molar-refractivity contribution is 7.15. The van der Waals surface area contributed by atoms with E-state index in [2.05, 4.69) is 44.4 Å². The van der Waals surface area contributed by atoms with Crippen molar-refractivity contribution in [3.05, 3.63) is 46.0 Å². The van der Waals surface area contributed by atoms with Gasteiger partial charge in [-0.05, 0) is 48.6 Å². The Morgan fingerprint density at radius 1 is 1.26 bits per heavy atom. The van der Waals surface area contributed by atoms with Crippen molar-refractivity contribution < 1.29 is 24.5 Å². The highest BCUT2D eigenvalue weighted by Crippen LogP contribution is 2.57. The highest BCUT2D eigenvalue weighted by atomic mass is 32.1. The molecule has 1 saturated carbocycles. The molecule has 43 heavy (non-hydrogen) atoms. The van der Waals surface area contributed by atoms with Crippen LogP contribution in [0, 0.1) is 34.5 Å². The van der Waals surface area contributed by atoms with Crippen molar-refractivity contribution >= 4 is 28.3 Å². The Bertz CT molecular complexity index is 1350. The molecule has 5 rings (SSSR count). The van der Waals surface area contributed by atoms with Crippen molar-refractivity contribution in [2.45, 2.75) is 65.0 Å². The van der Waals surface area contributed by atoms with Gasteiger partial charge in [-0.15, -0.1) is 11.3 Å². The average Bonchev–Trinajstić information content (AvgIpc) is 3.38. The lowest BCUT2D eigenvalue weighted by Gasteiger charge is -2.53. The van der Waals surface area contributed by atoms with E-state index in [-0.39, 0.29) is 40.9 Å². The van der Waals surface area contributed by atoms with Crippen LogP contribution in [0.4, 0.5) is 5.13 Å². The molecule has 3 aliphatic rings. The minimum absolute atomic E-state index is 0.00466. The van der Waals surface area contributed by atoms with E-state index in [9.17, 15) is 14.7 Å². The summed E-state index contributed by atoms with van der Waals surface area (Å²) < 4.78 is 0. The monoisotopic (exact) mass is 608 g/mol. The van der Waals surface area contributed by atoms with Crippen LogP contribution in [0.15, 0.2) is 24.3 Å². The number of carbonyl (C=O) groups excluding carboxylic acids is 2. The van der Waals surface area contributed by atoms with Gasteiger partial charge in [0.05, 0.1) is 31.3 Å². The fraction of sp³-hybridized carbons (Fsp3) is 0.636. The number of hydrogen-bond donors (Lipinski definition) is 4. The standard InChI is InChI=1S/C33H46N6O3S/c1-21(31(42)38(5)14-6-13-34)25-11-12-33(3)19-26-28(22(2)27(33)29(25)40)35-32(43-26)36-30(41)24-9-7-23(8-10-24)20-39-17-15-37(4)16-18-39/h7-10,21-22,25,27,29,40H,6,11-12,14-20H2,1-5H3,(H,35,36,41)/p+2/t21-,22-,25+,27+,29-,33+/m0/s1. The van der Waals surface area contributed by atoms with Crippen LogP contribution in [0.5, 0.6) is 0 Å². The Hall–Kier alpha value is -2.84. The number of nitrogens with zero attached hydrogens (tertiary/aromatic N) is 3. The van der Waals surface area contributed by atoms with Crippen LogP contribution in [0.3, 0.4) is 0 Å². The van der Waals surface area contributed by atoms with E-state index in [1.165, 1.54) is 36.6 Å². The number of benzene rings is 1. The molecule has 2 fully saturated rings. The number of thiazole rings is 1. The van der Waals surface area contributed by atoms with Gasteiger partial charge in [-0.3, -0.25) is 14.9 Å². The van der Waals surface area contributed by atoms with Gasteiger partial charge in [-0.1, -0.05) is 32.9 Å². The summed E-state index contributed by atoms with van der Waals surface area (Å²) >= 11 is 1.55. The molecule has 4 N–H and O–H groups in total. The summed E-state index contributed by atoms with van der Waals surface area (Å²) in [7, 11) is 3.99. The zero-order chi connectivity index (χ0) is 30.9. The van der Waals surface area contributed by atoms with Crippen molar-refractivity contribution in [2.24, 2.45) is 23.2 Å². The molecule has 1 aromatic carbocycles. The van der Waals surface area contributed by atoms with Crippen LogP contribution in [-0.4, -0.2) is 79.7 Å². The van der Waals surface area contributed by atoms with Gasteiger partial charge in [-0.25, -0.2) is 4.98 Å². The number of aromatic nitrogens is 1. The number of hydrogen-bond acceptors (Lipinski definition) is 6. The largest absolute Gasteiger partial charge is 0.392 e. The van der Waals surface area contributed by atoms with Crippen LogP contribution in [-0.2, 0) is 17.8 Å². The second-order valence-electron chi connectivity index (χ2n) is 13.7. The second-order valence-corrected chi connectivity index (χ2v) is 14.7. The molecular weight excluding hydrogens is 560 g/mol. The second kappa shape index (κ2) is 13.0. The molecule has 1 aliphatic heterocycles. The smallest absolute Gasteiger partial charge is 0.257 e. The van der Waals surface area contributed by atoms with E-state index >= 15 is 0 Å². The van der Waals surface area contributed by atoms with Gasteiger partial charge in [0.2, 0.25) is 5.91 Å². The predicted octanol–water partition coefficient (Wildman–Crippen LogP) is 1.37. The summed E-state index contributed by atoms with van der Waals surface area (Å²) in [5.41, 5.74) is 2.73. The van der Waals surface area contributed by atoms with Crippen molar-refractivity contribution in [1.82, 2.24) is 9.88 Å². The molecule has 2 heterocycles. The molecule has 0 bridgehead atoms. The van der Waals surface area contributed by atoms with Crippen LogP contribution in [0.1, 0.15) is 72.4 Å². The summed E-state index contributed by atoms with van der Waals surface area (Å²) in [5.74, 6) is -0.653. The molecule has 2 amide bonds. The summed E-state index contributed by atoms with van der Waals surface area (Å²) in [6.45, 7) is 12.4. The van der Waals surface area contributed by atoms with Crippen molar-refractivity contribution in [3.8, 4) is 6.07 Å². The normalized spacial score (nSPS) is 30.8. The fourth-order valence-corrected chi connectivity index (χ4v) is 9.16. The van der Waals surface area contributed by atoms with Crippen molar-refractivity contribution in [1.29, 1.82) is 5.26 Å². The summed E-state index contributed by atoms with van der Waals surface area (Å²) in [5, 5.41) is 24.3. The van der Waals surface area contributed by atoms with E-state index < -0.39 is 6.10 Å². The van der Waals surface area contributed by atoms with Crippen LogP contribution in [0.25, 0.3) is 0 Å². The van der Waals surface area contributed by atoms with Crippen LogP contribution >= 0.6 is 11.3 Å². The molecule has 0 spiro atoms. The van der Waals surface area contributed by atoms with Gasteiger partial charge >= 0.3 is 0 Å². The first-order chi connectivity index (χ1) is 20.5. The van der Waals surface area contributed by atoms with Crippen molar-refractivity contribution in [2.75, 3.05) is 52.1 Å². The number of quaternary nitrogens is 2. The first kappa shape index (κ1) is 31.6.